The minimum Gasteiger partial charge on any atom is -0.359 e. The van der Waals surface area contributed by atoms with Gasteiger partial charge in [0.25, 0.3) is 0 Å². The number of benzene rings is 2. The fourth-order valence-corrected chi connectivity index (χ4v) is 3.87. The van der Waals surface area contributed by atoms with Crippen molar-refractivity contribution in [3.63, 3.8) is 0 Å². The molecule has 156 valence electrons. The average molecular weight is 391 g/mol. The molecule has 0 aromatic heterocycles. The fraction of sp³-hybridized carbons (Fsp3) is 0.429. The van der Waals surface area contributed by atoms with E-state index in [0.29, 0.717) is 0 Å². The number of ether oxygens (including phenoxy) is 1. The van der Waals surface area contributed by atoms with E-state index in [2.05, 4.69) is 115 Å². The van der Waals surface area contributed by atoms with Gasteiger partial charge in [0.05, 0.1) is 11.2 Å². The summed E-state index contributed by atoms with van der Waals surface area (Å²) in [6.07, 6.45) is 5.55. The van der Waals surface area contributed by atoms with Crippen LogP contribution in [-0.4, -0.2) is 11.2 Å². The smallest absolute Gasteiger partial charge is 0.0960 e. The summed E-state index contributed by atoms with van der Waals surface area (Å²) in [5, 5.41) is 0. The van der Waals surface area contributed by atoms with E-state index in [1.807, 2.05) is 12.2 Å². The SMILES string of the molecule is C=CC(Cc1ccccc1)(OC(C=C)(Cc1ccccc1)C(C)(C)C)C(C)(C)C. The second kappa shape index (κ2) is 8.71. The molecule has 0 aliphatic heterocycles. The molecule has 0 heterocycles. The van der Waals surface area contributed by atoms with Gasteiger partial charge in [-0.2, -0.15) is 0 Å². The molecule has 0 radical (unpaired) electrons. The molecule has 0 spiro atoms. The zero-order valence-corrected chi connectivity index (χ0v) is 19.2. The molecule has 2 atom stereocenters. The van der Waals surface area contributed by atoms with Crippen molar-refractivity contribution in [1.82, 2.24) is 0 Å². The van der Waals surface area contributed by atoms with Gasteiger partial charge in [0, 0.05) is 12.8 Å². The minimum absolute atomic E-state index is 0.152. The number of hydrogen-bond acceptors (Lipinski definition) is 1. The summed E-state index contributed by atoms with van der Waals surface area (Å²) < 4.78 is 7.22. The Balaban J connectivity index is 2.58. The third kappa shape index (κ3) is 5.08. The molecule has 0 bridgehead atoms. The highest BCUT2D eigenvalue weighted by atomic mass is 16.5. The molecule has 0 aliphatic carbocycles. The molecular weight excluding hydrogens is 352 g/mol. The molecular formula is C28H38O. The van der Waals surface area contributed by atoms with Crippen LogP contribution in [0.2, 0.25) is 0 Å². The normalized spacial score (nSPS) is 16.5. The predicted molar refractivity (Wildman–Crippen MR) is 126 cm³/mol. The van der Waals surface area contributed by atoms with Gasteiger partial charge in [-0.3, -0.25) is 0 Å². The molecule has 0 aliphatic rings. The molecule has 0 N–H and O–H groups in total. The summed E-state index contributed by atoms with van der Waals surface area (Å²) >= 11 is 0. The van der Waals surface area contributed by atoms with E-state index in [4.69, 9.17) is 4.74 Å². The van der Waals surface area contributed by atoms with Crippen LogP contribution in [0.15, 0.2) is 86.0 Å². The minimum atomic E-state index is -0.551. The van der Waals surface area contributed by atoms with Gasteiger partial charge in [0.2, 0.25) is 0 Å². The second-order valence-electron chi connectivity index (χ2n) is 10.1. The van der Waals surface area contributed by atoms with Crippen LogP contribution in [0.1, 0.15) is 52.7 Å². The van der Waals surface area contributed by atoms with Crippen molar-refractivity contribution in [1.29, 1.82) is 0 Å². The molecule has 1 nitrogen and oxygen atoms in total. The van der Waals surface area contributed by atoms with Crippen LogP contribution < -0.4 is 0 Å². The van der Waals surface area contributed by atoms with Crippen LogP contribution in [0.4, 0.5) is 0 Å². The van der Waals surface area contributed by atoms with Gasteiger partial charge in [-0.1, -0.05) is 114 Å². The van der Waals surface area contributed by atoms with Gasteiger partial charge < -0.3 is 4.74 Å². The first-order valence-electron chi connectivity index (χ1n) is 10.5. The van der Waals surface area contributed by atoms with Crippen molar-refractivity contribution in [2.45, 2.75) is 65.6 Å². The summed E-state index contributed by atoms with van der Waals surface area (Å²) in [5.74, 6) is 0. The van der Waals surface area contributed by atoms with Gasteiger partial charge in [-0.15, -0.1) is 13.2 Å². The van der Waals surface area contributed by atoms with Gasteiger partial charge in [-0.25, -0.2) is 0 Å². The molecule has 29 heavy (non-hydrogen) atoms. The molecule has 0 saturated heterocycles. The van der Waals surface area contributed by atoms with Crippen LogP contribution in [0.3, 0.4) is 0 Å². The summed E-state index contributed by atoms with van der Waals surface area (Å²) in [6, 6.07) is 21.1. The Kier molecular flexibility index (Phi) is 6.96. The van der Waals surface area contributed by atoms with Gasteiger partial charge in [0.1, 0.15) is 0 Å². The van der Waals surface area contributed by atoms with E-state index >= 15 is 0 Å². The largest absolute Gasteiger partial charge is 0.359 e. The predicted octanol–water partition coefficient (Wildman–Crippen LogP) is 7.43. The summed E-state index contributed by atoms with van der Waals surface area (Å²) in [5.41, 5.74) is 1.08. The van der Waals surface area contributed by atoms with Crippen molar-refractivity contribution >= 4 is 0 Å². The van der Waals surface area contributed by atoms with Crippen molar-refractivity contribution < 1.29 is 4.74 Å². The Bertz CT molecular complexity index is 722. The summed E-state index contributed by atoms with van der Waals surface area (Å²) in [4.78, 5) is 0. The lowest BCUT2D eigenvalue weighted by Crippen LogP contribution is -2.57. The number of rotatable bonds is 8. The van der Waals surface area contributed by atoms with Crippen LogP contribution in [0, 0.1) is 10.8 Å². The van der Waals surface area contributed by atoms with Crippen LogP contribution >= 0.6 is 0 Å². The van der Waals surface area contributed by atoms with Crippen molar-refractivity contribution in [2.24, 2.45) is 10.8 Å². The zero-order chi connectivity index (χ0) is 21.8. The van der Waals surface area contributed by atoms with Gasteiger partial charge >= 0.3 is 0 Å². The van der Waals surface area contributed by atoms with E-state index in [9.17, 15) is 0 Å². The van der Waals surface area contributed by atoms with Crippen LogP contribution in [-0.2, 0) is 17.6 Å². The first-order chi connectivity index (χ1) is 13.5. The maximum atomic E-state index is 7.22. The topological polar surface area (TPSA) is 9.23 Å². The Morgan fingerprint density at radius 3 is 1.17 bits per heavy atom. The maximum Gasteiger partial charge on any atom is 0.0960 e. The van der Waals surface area contributed by atoms with Crippen LogP contribution in [0.5, 0.6) is 0 Å². The van der Waals surface area contributed by atoms with E-state index < -0.39 is 11.2 Å². The van der Waals surface area contributed by atoms with Crippen molar-refractivity contribution in [3.05, 3.63) is 97.1 Å². The Hall–Kier alpha value is -2.12. The zero-order valence-electron chi connectivity index (χ0n) is 19.2. The summed E-state index contributed by atoms with van der Waals surface area (Å²) in [6.45, 7) is 21.9. The Labute approximate surface area is 178 Å². The highest BCUT2D eigenvalue weighted by Gasteiger charge is 2.50. The molecule has 0 amide bonds. The molecule has 2 rings (SSSR count). The Morgan fingerprint density at radius 1 is 0.621 bits per heavy atom. The van der Waals surface area contributed by atoms with E-state index in [1.54, 1.807) is 0 Å². The molecule has 2 aromatic rings. The molecule has 0 saturated carbocycles. The van der Waals surface area contributed by atoms with Crippen molar-refractivity contribution in [3.8, 4) is 0 Å². The monoisotopic (exact) mass is 390 g/mol. The highest BCUT2D eigenvalue weighted by Crippen LogP contribution is 2.47. The first-order valence-corrected chi connectivity index (χ1v) is 10.5. The average Bonchev–Trinajstić information content (AvgIpc) is 2.66. The van der Waals surface area contributed by atoms with Gasteiger partial charge in [0.15, 0.2) is 0 Å². The number of hydrogen-bond donors (Lipinski definition) is 0. The third-order valence-electron chi connectivity index (χ3n) is 6.18. The van der Waals surface area contributed by atoms with E-state index in [-0.39, 0.29) is 10.8 Å². The Morgan fingerprint density at radius 2 is 0.931 bits per heavy atom. The quantitative estimate of drug-likeness (QED) is 0.426. The third-order valence-corrected chi connectivity index (χ3v) is 6.18. The molecule has 2 unspecified atom stereocenters. The van der Waals surface area contributed by atoms with Gasteiger partial charge in [-0.05, 0) is 22.0 Å². The van der Waals surface area contributed by atoms with Crippen molar-refractivity contribution in [2.75, 3.05) is 0 Å². The first kappa shape index (κ1) is 23.2. The maximum absolute atomic E-state index is 7.22. The second-order valence-corrected chi connectivity index (χ2v) is 10.1. The standard InChI is InChI=1S/C28H38O/c1-9-27(25(3,4)5,21-23-17-13-11-14-18-23)29-28(10-2,26(6,7)8)22-24-19-15-12-16-20-24/h9-20H,1-2,21-22H2,3-8H3. The molecule has 0 fully saturated rings. The molecule has 1 heteroatoms. The fourth-order valence-electron chi connectivity index (χ4n) is 3.87. The molecule has 2 aromatic carbocycles. The summed E-state index contributed by atoms with van der Waals surface area (Å²) in [7, 11) is 0. The lowest BCUT2D eigenvalue weighted by molar-refractivity contribution is -0.192. The van der Waals surface area contributed by atoms with E-state index in [1.165, 1.54) is 11.1 Å². The van der Waals surface area contributed by atoms with Crippen LogP contribution in [0.25, 0.3) is 0 Å². The van der Waals surface area contributed by atoms with E-state index in [0.717, 1.165) is 12.8 Å². The lowest BCUT2D eigenvalue weighted by Gasteiger charge is -2.53. The lowest BCUT2D eigenvalue weighted by atomic mass is 9.68. The highest BCUT2D eigenvalue weighted by molar-refractivity contribution is 5.26.